The van der Waals surface area contributed by atoms with Crippen molar-refractivity contribution in [3.8, 4) is 0 Å². The predicted octanol–water partition coefficient (Wildman–Crippen LogP) is 3.23. The summed E-state index contributed by atoms with van der Waals surface area (Å²) in [5.41, 5.74) is 5.22. The maximum atomic E-state index is 12.4. The molecule has 0 saturated carbocycles. The summed E-state index contributed by atoms with van der Waals surface area (Å²) in [7, 11) is -7.31. The minimum atomic E-state index is -3.65. The van der Waals surface area contributed by atoms with Crippen molar-refractivity contribution in [2.45, 2.75) is 51.4 Å². The number of sulfonamides is 2. The molecule has 2 aliphatic rings. The largest absolute Gasteiger partial charge is 0.343 e. The minimum absolute atomic E-state index is 0.0123. The molecule has 2 aromatic rings. The van der Waals surface area contributed by atoms with Gasteiger partial charge in [0.2, 0.25) is 37.5 Å². The molecular formula is C31H39N4O6S2+. The standard InChI is InChI=1S/C31H38N4O6S2/c1-30(2)22-12-7-9-14-24(22)34(20-18-28(36)32-42(5,38)39)26(30)16-11-17-27-31(3,4)23-13-8-10-15-25(23)35(27)21-19-29(37)33-43(6,40)41/h7-17H,18-21H2,1-6H3,(H-,32,33,36,37)/p+1. The van der Waals surface area contributed by atoms with E-state index in [0.717, 1.165) is 46.4 Å². The summed E-state index contributed by atoms with van der Waals surface area (Å²) in [4.78, 5) is 26.8. The van der Waals surface area contributed by atoms with E-state index in [0.29, 0.717) is 0 Å². The van der Waals surface area contributed by atoms with Gasteiger partial charge in [-0.1, -0.05) is 56.3 Å². The average molecular weight is 628 g/mol. The van der Waals surface area contributed by atoms with E-state index >= 15 is 0 Å². The molecule has 0 radical (unpaired) electrons. The van der Waals surface area contributed by atoms with Crippen molar-refractivity contribution in [2.24, 2.45) is 0 Å². The van der Waals surface area contributed by atoms with Gasteiger partial charge in [0, 0.05) is 47.5 Å². The molecule has 0 bridgehead atoms. The molecule has 2 aliphatic heterocycles. The number of nitrogens with zero attached hydrogens (tertiary/aromatic N) is 2. The first-order chi connectivity index (χ1) is 19.9. The summed E-state index contributed by atoms with van der Waals surface area (Å²) >= 11 is 0. The van der Waals surface area contributed by atoms with Gasteiger partial charge in [-0.25, -0.2) is 16.8 Å². The molecule has 230 valence electrons. The second kappa shape index (κ2) is 11.7. The number of para-hydroxylation sites is 2. The first kappa shape index (κ1) is 32.2. The molecule has 12 heteroatoms. The van der Waals surface area contributed by atoms with Crippen LogP contribution in [0.2, 0.25) is 0 Å². The molecule has 2 aromatic carbocycles. The maximum Gasteiger partial charge on any atom is 0.239 e. The van der Waals surface area contributed by atoms with Crippen LogP contribution < -0.4 is 14.3 Å². The molecule has 4 rings (SSSR count). The van der Waals surface area contributed by atoms with E-state index in [2.05, 4.69) is 39.8 Å². The molecule has 0 aromatic heterocycles. The number of nitrogens with one attached hydrogen (secondary N) is 2. The van der Waals surface area contributed by atoms with Gasteiger partial charge in [0.05, 0.1) is 24.3 Å². The van der Waals surface area contributed by atoms with Gasteiger partial charge in [-0.2, -0.15) is 4.58 Å². The number of hydrogen-bond donors (Lipinski definition) is 2. The lowest BCUT2D eigenvalue weighted by Gasteiger charge is -2.27. The van der Waals surface area contributed by atoms with Gasteiger partial charge in [0.25, 0.3) is 0 Å². The third kappa shape index (κ3) is 7.07. The van der Waals surface area contributed by atoms with Crippen molar-refractivity contribution in [1.82, 2.24) is 9.44 Å². The molecule has 0 spiro atoms. The highest BCUT2D eigenvalue weighted by molar-refractivity contribution is 7.89. The Morgan fingerprint density at radius 2 is 1.37 bits per heavy atom. The number of anilines is 1. The Labute approximate surface area is 254 Å². The zero-order valence-corrected chi connectivity index (χ0v) is 27.0. The van der Waals surface area contributed by atoms with Crippen LogP contribution in [-0.4, -0.2) is 64.5 Å². The van der Waals surface area contributed by atoms with Gasteiger partial charge < -0.3 is 4.90 Å². The Balaban J connectivity index is 1.69. The molecule has 0 fully saturated rings. The van der Waals surface area contributed by atoms with E-state index in [4.69, 9.17) is 0 Å². The molecule has 0 aliphatic carbocycles. The van der Waals surface area contributed by atoms with E-state index in [9.17, 15) is 26.4 Å². The lowest BCUT2D eigenvalue weighted by Crippen LogP contribution is -2.34. The SMILES string of the molecule is CC1(C)C(=CC=CC2=[N+](CCC(=O)NS(C)(=O)=O)c3ccccc3C2(C)C)N(CCC(=O)NS(C)(=O)=O)c2ccccc21. The van der Waals surface area contributed by atoms with Crippen LogP contribution in [0.5, 0.6) is 0 Å². The maximum absolute atomic E-state index is 12.4. The zero-order valence-electron chi connectivity index (χ0n) is 25.3. The third-order valence-corrected chi connectivity index (χ3v) is 9.03. The van der Waals surface area contributed by atoms with Crippen molar-refractivity contribution >= 4 is 48.9 Å². The Morgan fingerprint density at radius 1 is 0.814 bits per heavy atom. The van der Waals surface area contributed by atoms with Crippen LogP contribution in [0.15, 0.2) is 72.5 Å². The van der Waals surface area contributed by atoms with Crippen LogP contribution in [-0.2, 0) is 40.5 Å². The van der Waals surface area contributed by atoms with Crippen molar-refractivity contribution in [3.05, 3.63) is 83.6 Å². The summed E-state index contributed by atoms with van der Waals surface area (Å²) in [6.07, 6.45) is 7.86. The smallest absolute Gasteiger partial charge is 0.239 e. The molecular weight excluding hydrogens is 588 g/mol. The predicted molar refractivity (Wildman–Crippen MR) is 169 cm³/mol. The summed E-state index contributed by atoms with van der Waals surface area (Å²) in [6.45, 7) is 9.01. The topological polar surface area (TPSA) is 133 Å². The van der Waals surface area contributed by atoms with Gasteiger partial charge in [-0.15, -0.1) is 0 Å². The van der Waals surface area contributed by atoms with Crippen molar-refractivity contribution in [2.75, 3.05) is 30.5 Å². The lowest BCUT2D eigenvalue weighted by atomic mass is 9.81. The number of benzene rings is 2. The fraction of sp³-hybridized carbons (Fsp3) is 0.387. The highest BCUT2D eigenvalue weighted by atomic mass is 32.2. The summed E-state index contributed by atoms with van der Waals surface area (Å²) in [5.74, 6) is -1.15. The molecule has 0 atom stereocenters. The van der Waals surface area contributed by atoms with Crippen LogP contribution in [0.25, 0.3) is 0 Å². The number of allylic oxidation sites excluding steroid dienone is 4. The van der Waals surface area contributed by atoms with E-state index in [1.54, 1.807) is 0 Å². The number of fused-ring (bicyclic) bond motifs is 2. The summed E-state index contributed by atoms with van der Waals surface area (Å²) in [5, 5.41) is 0. The van der Waals surface area contributed by atoms with Gasteiger partial charge >= 0.3 is 0 Å². The minimum Gasteiger partial charge on any atom is -0.343 e. The Hall–Kier alpha value is -3.77. The van der Waals surface area contributed by atoms with Gasteiger partial charge in [0.1, 0.15) is 0 Å². The van der Waals surface area contributed by atoms with Gasteiger partial charge in [-0.3, -0.25) is 19.0 Å². The van der Waals surface area contributed by atoms with E-state index in [1.165, 1.54) is 0 Å². The molecule has 0 saturated heterocycles. The van der Waals surface area contributed by atoms with Gasteiger partial charge in [0.15, 0.2) is 12.3 Å². The van der Waals surface area contributed by atoms with Crippen LogP contribution in [0.4, 0.5) is 11.4 Å². The number of hydrogen-bond acceptors (Lipinski definition) is 7. The van der Waals surface area contributed by atoms with E-state index in [1.807, 2.05) is 73.5 Å². The van der Waals surface area contributed by atoms with Gasteiger partial charge in [-0.05, 0) is 31.6 Å². The number of amides is 2. The number of carbonyl (C=O) groups is 2. The van der Waals surface area contributed by atoms with Crippen LogP contribution in [0.3, 0.4) is 0 Å². The first-order valence-corrected chi connectivity index (χ1v) is 17.7. The van der Waals surface area contributed by atoms with Crippen molar-refractivity contribution in [1.29, 1.82) is 0 Å². The lowest BCUT2D eigenvalue weighted by molar-refractivity contribution is -0.436. The number of rotatable bonds is 10. The second-order valence-electron chi connectivity index (χ2n) is 12.0. The Kier molecular flexibility index (Phi) is 8.77. The third-order valence-electron chi connectivity index (χ3n) is 7.83. The Morgan fingerprint density at radius 3 is 2.00 bits per heavy atom. The molecule has 0 unspecified atom stereocenters. The zero-order chi connectivity index (χ0) is 31.8. The van der Waals surface area contributed by atoms with E-state index < -0.39 is 42.7 Å². The first-order valence-electron chi connectivity index (χ1n) is 13.9. The fourth-order valence-corrected chi connectivity index (χ4v) is 6.97. The Bertz CT molecular complexity index is 1770. The summed E-state index contributed by atoms with van der Waals surface area (Å²) < 4.78 is 52.4. The monoisotopic (exact) mass is 627 g/mol. The second-order valence-corrected chi connectivity index (χ2v) is 15.5. The summed E-state index contributed by atoms with van der Waals surface area (Å²) in [6, 6.07) is 15.9. The van der Waals surface area contributed by atoms with Crippen LogP contribution >= 0.6 is 0 Å². The average Bonchev–Trinajstić information content (AvgIpc) is 3.23. The highest BCUT2D eigenvalue weighted by Crippen LogP contribution is 2.47. The van der Waals surface area contributed by atoms with Crippen molar-refractivity contribution < 1.29 is 31.0 Å². The fourth-order valence-electron chi connectivity index (χ4n) is 5.94. The molecule has 10 nitrogen and oxygen atoms in total. The molecule has 2 amide bonds. The number of carbonyl (C=O) groups excluding carboxylic acids is 2. The van der Waals surface area contributed by atoms with Crippen LogP contribution in [0, 0.1) is 0 Å². The van der Waals surface area contributed by atoms with E-state index in [-0.39, 0.29) is 25.9 Å². The quantitative estimate of drug-likeness (QED) is 0.387. The van der Waals surface area contributed by atoms with Crippen LogP contribution in [0.1, 0.15) is 51.7 Å². The molecule has 2 heterocycles. The van der Waals surface area contributed by atoms with Crippen molar-refractivity contribution in [3.63, 3.8) is 0 Å². The normalized spacial score (nSPS) is 18.2. The molecule has 43 heavy (non-hydrogen) atoms. The highest BCUT2D eigenvalue weighted by Gasteiger charge is 2.44. The molecule has 2 N–H and O–H groups in total.